The quantitative estimate of drug-likeness (QED) is 0.671. The number of nitro groups is 1. The Balaban J connectivity index is 1.69. The topological polar surface area (TPSA) is 78.7 Å². The summed E-state index contributed by atoms with van der Waals surface area (Å²) < 4.78 is 0. The number of rotatable bonds is 2. The number of nitrogens with one attached hydrogen (secondary N) is 1. The first-order valence-electron chi connectivity index (χ1n) is 8.02. The third-order valence-electron chi connectivity index (χ3n) is 4.84. The minimum absolute atomic E-state index is 0.0657. The molecule has 0 bridgehead atoms. The van der Waals surface area contributed by atoms with Crippen molar-refractivity contribution in [2.24, 2.45) is 0 Å². The SMILES string of the molecule is Cc1cc(NC(=O)N2C[C@@H]3CCCN3C[C@@H]2C)ccc1[N+](=O)[O-]. The molecule has 7 nitrogen and oxygen atoms in total. The Bertz CT molecular complexity index is 634. The van der Waals surface area contributed by atoms with Gasteiger partial charge in [-0.3, -0.25) is 15.0 Å². The predicted octanol–water partition coefficient (Wildman–Crippen LogP) is 2.60. The highest BCUT2D eigenvalue weighted by Crippen LogP contribution is 2.26. The van der Waals surface area contributed by atoms with E-state index >= 15 is 0 Å². The molecule has 0 saturated carbocycles. The van der Waals surface area contributed by atoms with Crippen molar-refractivity contribution in [2.75, 3.05) is 25.0 Å². The van der Waals surface area contributed by atoms with Crippen LogP contribution in [0, 0.1) is 17.0 Å². The molecule has 0 spiro atoms. The highest BCUT2D eigenvalue weighted by molar-refractivity contribution is 5.90. The monoisotopic (exact) mass is 318 g/mol. The van der Waals surface area contributed by atoms with E-state index in [1.54, 1.807) is 19.1 Å². The number of aryl methyl sites for hydroxylation is 1. The van der Waals surface area contributed by atoms with E-state index < -0.39 is 4.92 Å². The van der Waals surface area contributed by atoms with Crippen molar-refractivity contribution in [2.45, 2.75) is 38.8 Å². The van der Waals surface area contributed by atoms with Gasteiger partial charge in [-0.15, -0.1) is 0 Å². The van der Waals surface area contributed by atoms with Gasteiger partial charge in [-0.1, -0.05) is 0 Å². The van der Waals surface area contributed by atoms with Gasteiger partial charge in [0, 0.05) is 42.5 Å². The molecule has 3 rings (SSSR count). The summed E-state index contributed by atoms with van der Waals surface area (Å²) in [5.41, 5.74) is 1.21. The number of carbonyl (C=O) groups is 1. The third kappa shape index (κ3) is 3.14. The number of urea groups is 1. The van der Waals surface area contributed by atoms with Crippen LogP contribution in [0.25, 0.3) is 0 Å². The third-order valence-corrected chi connectivity index (χ3v) is 4.84. The van der Waals surface area contributed by atoms with E-state index in [-0.39, 0.29) is 17.8 Å². The fourth-order valence-corrected chi connectivity index (χ4v) is 3.60. The van der Waals surface area contributed by atoms with Gasteiger partial charge in [-0.2, -0.15) is 0 Å². The average Bonchev–Trinajstić information content (AvgIpc) is 2.93. The maximum atomic E-state index is 12.6. The maximum Gasteiger partial charge on any atom is 0.322 e. The zero-order chi connectivity index (χ0) is 16.6. The van der Waals surface area contributed by atoms with Gasteiger partial charge in [0.05, 0.1) is 4.92 Å². The van der Waals surface area contributed by atoms with Gasteiger partial charge in [-0.25, -0.2) is 4.79 Å². The van der Waals surface area contributed by atoms with Crippen LogP contribution in [0.1, 0.15) is 25.3 Å². The lowest BCUT2D eigenvalue weighted by Gasteiger charge is -2.42. The predicted molar refractivity (Wildman–Crippen MR) is 87.6 cm³/mol. The van der Waals surface area contributed by atoms with Crippen LogP contribution in [0.5, 0.6) is 0 Å². The summed E-state index contributed by atoms with van der Waals surface area (Å²) in [5, 5.41) is 13.7. The molecular weight excluding hydrogens is 296 g/mol. The van der Waals surface area contributed by atoms with Crippen molar-refractivity contribution in [3.63, 3.8) is 0 Å². The zero-order valence-corrected chi connectivity index (χ0v) is 13.5. The molecule has 124 valence electrons. The molecule has 7 heteroatoms. The Labute approximate surface area is 135 Å². The summed E-state index contributed by atoms with van der Waals surface area (Å²) in [6.45, 7) is 6.53. The first-order chi connectivity index (χ1) is 11.0. The van der Waals surface area contributed by atoms with E-state index in [4.69, 9.17) is 0 Å². The Morgan fingerprint density at radius 1 is 1.39 bits per heavy atom. The highest BCUT2D eigenvalue weighted by atomic mass is 16.6. The smallest absolute Gasteiger partial charge is 0.319 e. The van der Waals surface area contributed by atoms with E-state index in [2.05, 4.69) is 17.1 Å². The Morgan fingerprint density at radius 3 is 2.87 bits per heavy atom. The van der Waals surface area contributed by atoms with Gasteiger partial charge in [0.15, 0.2) is 0 Å². The normalized spacial score (nSPS) is 24.3. The summed E-state index contributed by atoms with van der Waals surface area (Å²) in [7, 11) is 0. The number of benzene rings is 1. The molecule has 1 aromatic rings. The van der Waals surface area contributed by atoms with Crippen molar-refractivity contribution in [1.29, 1.82) is 0 Å². The Morgan fingerprint density at radius 2 is 2.17 bits per heavy atom. The van der Waals surface area contributed by atoms with Crippen LogP contribution in [-0.2, 0) is 0 Å². The molecule has 2 aliphatic heterocycles. The van der Waals surface area contributed by atoms with Crippen LogP contribution in [0.4, 0.5) is 16.2 Å². The molecule has 23 heavy (non-hydrogen) atoms. The molecule has 1 aromatic carbocycles. The van der Waals surface area contributed by atoms with E-state index in [1.165, 1.54) is 12.5 Å². The summed E-state index contributed by atoms with van der Waals surface area (Å²) in [5.74, 6) is 0. The summed E-state index contributed by atoms with van der Waals surface area (Å²) >= 11 is 0. The standard InChI is InChI=1S/C16H22N4O3/c1-11-8-13(5-6-15(11)20(22)23)17-16(21)19-10-14-4-3-7-18(14)9-12(19)2/h5-6,8,12,14H,3-4,7,9-10H2,1-2H3,(H,17,21)/t12-,14-/m0/s1. The molecule has 0 unspecified atom stereocenters. The second kappa shape index (κ2) is 6.16. The molecule has 2 amide bonds. The van der Waals surface area contributed by atoms with Gasteiger partial charge in [0.25, 0.3) is 5.69 Å². The molecule has 0 aromatic heterocycles. The number of amides is 2. The van der Waals surface area contributed by atoms with Gasteiger partial charge in [0.2, 0.25) is 0 Å². The number of hydrogen-bond donors (Lipinski definition) is 1. The number of hydrogen-bond acceptors (Lipinski definition) is 4. The van der Waals surface area contributed by atoms with E-state index in [9.17, 15) is 14.9 Å². The average molecular weight is 318 g/mol. The summed E-state index contributed by atoms with van der Waals surface area (Å²) in [6.07, 6.45) is 2.35. The lowest BCUT2D eigenvalue weighted by Crippen LogP contribution is -2.57. The first kappa shape index (κ1) is 15.7. The Hall–Kier alpha value is -2.15. The summed E-state index contributed by atoms with van der Waals surface area (Å²) in [6, 6.07) is 5.17. The number of fused-ring (bicyclic) bond motifs is 1. The first-order valence-corrected chi connectivity index (χ1v) is 8.02. The maximum absolute atomic E-state index is 12.6. The Kier molecular flexibility index (Phi) is 4.21. The molecule has 2 saturated heterocycles. The van der Waals surface area contributed by atoms with Crippen molar-refractivity contribution in [3.8, 4) is 0 Å². The van der Waals surface area contributed by atoms with Crippen LogP contribution in [0.2, 0.25) is 0 Å². The molecule has 2 atom stereocenters. The molecule has 0 aliphatic carbocycles. The van der Waals surface area contributed by atoms with Gasteiger partial charge in [-0.05, 0) is 45.4 Å². The van der Waals surface area contributed by atoms with Gasteiger partial charge >= 0.3 is 6.03 Å². The zero-order valence-electron chi connectivity index (χ0n) is 13.5. The van der Waals surface area contributed by atoms with Crippen LogP contribution in [0.3, 0.4) is 0 Å². The van der Waals surface area contributed by atoms with Crippen LogP contribution in [-0.4, -0.2) is 52.5 Å². The molecule has 0 radical (unpaired) electrons. The number of piperazine rings is 1. The molecule has 2 aliphatic rings. The largest absolute Gasteiger partial charge is 0.322 e. The minimum Gasteiger partial charge on any atom is -0.319 e. The van der Waals surface area contributed by atoms with Gasteiger partial charge < -0.3 is 10.2 Å². The van der Waals surface area contributed by atoms with Gasteiger partial charge in [0.1, 0.15) is 0 Å². The van der Waals surface area contributed by atoms with Crippen molar-refractivity contribution < 1.29 is 9.72 Å². The van der Waals surface area contributed by atoms with E-state index in [0.717, 1.165) is 26.1 Å². The molecular formula is C16H22N4O3. The fourth-order valence-electron chi connectivity index (χ4n) is 3.60. The molecule has 1 N–H and O–H groups in total. The number of anilines is 1. The van der Waals surface area contributed by atoms with Crippen molar-refractivity contribution in [1.82, 2.24) is 9.80 Å². The van der Waals surface area contributed by atoms with Crippen LogP contribution in [0.15, 0.2) is 18.2 Å². The second-order valence-corrected chi connectivity index (χ2v) is 6.48. The lowest BCUT2D eigenvalue weighted by atomic mass is 10.1. The van der Waals surface area contributed by atoms with Crippen LogP contribution < -0.4 is 5.32 Å². The van der Waals surface area contributed by atoms with Crippen LogP contribution >= 0.6 is 0 Å². The molecule has 2 heterocycles. The lowest BCUT2D eigenvalue weighted by molar-refractivity contribution is -0.385. The fraction of sp³-hybridized carbons (Fsp3) is 0.562. The van der Waals surface area contributed by atoms with Crippen molar-refractivity contribution in [3.05, 3.63) is 33.9 Å². The van der Waals surface area contributed by atoms with E-state index in [0.29, 0.717) is 17.3 Å². The summed E-state index contributed by atoms with van der Waals surface area (Å²) in [4.78, 5) is 27.3. The second-order valence-electron chi connectivity index (χ2n) is 6.48. The number of carbonyl (C=O) groups excluding carboxylic acids is 1. The highest BCUT2D eigenvalue weighted by Gasteiger charge is 2.36. The number of nitrogens with zero attached hydrogens (tertiary/aromatic N) is 3. The van der Waals surface area contributed by atoms with E-state index in [1.807, 2.05) is 4.90 Å². The molecule has 2 fully saturated rings. The van der Waals surface area contributed by atoms with Crippen molar-refractivity contribution >= 4 is 17.4 Å². The minimum atomic E-state index is -0.414. The number of nitro benzene ring substituents is 1.